The highest BCUT2D eigenvalue weighted by Gasteiger charge is 2.66. The lowest BCUT2D eigenvalue weighted by Crippen LogP contribution is -2.53. The molecule has 2 aromatic carbocycles. The minimum atomic E-state index is -1.89. The number of carbonyl (C=O) groups excluding carboxylic acids is 2. The second-order valence-electron chi connectivity index (χ2n) is 10.1. The number of rotatable bonds is 7. The van der Waals surface area contributed by atoms with Crippen LogP contribution in [0.3, 0.4) is 0 Å². The topological polar surface area (TPSA) is 55.4 Å². The Morgan fingerprint density at radius 2 is 1.59 bits per heavy atom. The van der Waals surface area contributed by atoms with Gasteiger partial charge in [-0.05, 0) is 87.6 Å². The molecule has 1 saturated heterocycles. The third-order valence-corrected chi connectivity index (χ3v) is 13.7. The zero-order valence-electron chi connectivity index (χ0n) is 20.4. The molecule has 0 radical (unpaired) electrons. The van der Waals surface area contributed by atoms with Gasteiger partial charge in [0.1, 0.15) is 6.61 Å². The van der Waals surface area contributed by atoms with E-state index in [1.54, 1.807) is 0 Å². The van der Waals surface area contributed by atoms with Gasteiger partial charge in [0.15, 0.2) is 11.3 Å². The molecule has 0 aromatic heterocycles. The van der Waals surface area contributed by atoms with Crippen LogP contribution in [0.1, 0.15) is 61.6 Å². The first-order valence-corrected chi connectivity index (χ1v) is 15.2. The summed E-state index contributed by atoms with van der Waals surface area (Å²) in [6, 6.07) is 13.6. The molecule has 1 aliphatic carbocycles. The maximum absolute atomic E-state index is 14.0. The van der Waals surface area contributed by atoms with Gasteiger partial charge < -0.3 is 10.1 Å². The highest BCUT2D eigenvalue weighted by atomic mass is 35.5. The normalized spacial score (nSPS) is 18.9. The summed E-state index contributed by atoms with van der Waals surface area (Å²) in [5, 5.41) is 3.57. The number of hydrogen-bond donors (Lipinski definition) is 1. The van der Waals surface area contributed by atoms with Crippen molar-refractivity contribution in [2.75, 3.05) is 23.8 Å². The van der Waals surface area contributed by atoms with Crippen LogP contribution in [0.4, 0.5) is 5.69 Å². The molecule has 2 aromatic rings. The van der Waals surface area contributed by atoms with E-state index < -0.39 is 12.4 Å². The van der Waals surface area contributed by atoms with E-state index in [1.165, 1.54) is 12.8 Å². The van der Waals surface area contributed by atoms with Crippen molar-refractivity contribution in [3.63, 3.8) is 0 Å². The Labute approximate surface area is 209 Å². The van der Waals surface area contributed by atoms with E-state index in [2.05, 4.69) is 5.32 Å². The van der Waals surface area contributed by atoms with E-state index in [1.807, 2.05) is 56.3 Å². The number of benzene rings is 2. The van der Waals surface area contributed by atoms with Crippen LogP contribution >= 0.6 is 18.9 Å². The van der Waals surface area contributed by atoms with Crippen molar-refractivity contribution < 1.29 is 14.3 Å². The Kier molecular flexibility index (Phi) is 8.00. The minimum absolute atomic E-state index is 0.110. The van der Waals surface area contributed by atoms with E-state index >= 15 is 0 Å². The number of hydrogen-bond acceptors (Lipinski definition) is 3. The van der Waals surface area contributed by atoms with Gasteiger partial charge >= 0.3 is 5.97 Å². The molecule has 2 fully saturated rings. The fraction of sp³-hybridized carbons (Fsp3) is 0.500. The van der Waals surface area contributed by atoms with Crippen molar-refractivity contribution in [3.8, 4) is 0 Å². The quantitative estimate of drug-likeness (QED) is 0.324. The first kappa shape index (κ1) is 25.2. The first-order valence-electron chi connectivity index (χ1n) is 12.5. The van der Waals surface area contributed by atoms with Crippen molar-refractivity contribution in [1.82, 2.24) is 0 Å². The van der Waals surface area contributed by atoms with Gasteiger partial charge in [0.2, 0.25) is 0 Å². The van der Waals surface area contributed by atoms with Crippen LogP contribution in [-0.4, -0.2) is 35.5 Å². The lowest BCUT2D eigenvalue weighted by atomic mass is 9.83. The van der Waals surface area contributed by atoms with E-state index in [-0.39, 0.29) is 11.9 Å². The Morgan fingerprint density at radius 1 is 0.971 bits per heavy atom. The predicted molar refractivity (Wildman–Crippen MR) is 142 cm³/mol. The molecule has 182 valence electrons. The van der Waals surface area contributed by atoms with Crippen molar-refractivity contribution in [1.29, 1.82) is 0 Å². The van der Waals surface area contributed by atoms with Gasteiger partial charge in [-0.3, -0.25) is 4.79 Å². The van der Waals surface area contributed by atoms with E-state index in [0.29, 0.717) is 17.8 Å². The van der Waals surface area contributed by atoms with Crippen LogP contribution in [0.25, 0.3) is 0 Å². The molecular formula is C28H36ClNO3P+. The summed E-state index contributed by atoms with van der Waals surface area (Å²) < 4.78 is 5.75. The van der Waals surface area contributed by atoms with E-state index in [9.17, 15) is 9.59 Å². The molecule has 6 heteroatoms. The molecule has 0 unspecified atom stereocenters. The number of esters is 1. The third kappa shape index (κ3) is 5.19. The molecule has 0 bridgehead atoms. The van der Waals surface area contributed by atoms with E-state index in [0.717, 1.165) is 66.8 Å². The van der Waals surface area contributed by atoms with Crippen molar-refractivity contribution in [3.05, 3.63) is 64.2 Å². The number of carbonyl (C=O) groups is 2. The molecule has 1 saturated carbocycles. The lowest BCUT2D eigenvalue weighted by molar-refractivity contribution is -0.141. The first-order chi connectivity index (χ1) is 16.4. The third-order valence-electron chi connectivity index (χ3n) is 7.84. The molecule has 1 N–H and O–H groups in total. The molecular weight excluding hydrogens is 465 g/mol. The second-order valence-corrected chi connectivity index (χ2v) is 14.9. The standard InChI is InChI=1S/C28H35ClNO3P/c1-21-17-24(29)18-22(2)26(21)30-27(32)28(13-10-14-28)34(15-8-3-4-9-16-34)20-25(31)33-19-23-11-6-5-7-12-23/h5-7,11-12,17-18H,3-4,8-10,13-16,19-20H2,1-2H3/p+1. The van der Waals surface area contributed by atoms with Crippen LogP contribution in [-0.2, 0) is 20.9 Å². The SMILES string of the molecule is Cc1cc(Cl)cc(C)c1NC(=O)C1([P+]2(CC(=O)OCc3ccccc3)CCCCCC2)CCC1. The summed E-state index contributed by atoms with van der Waals surface area (Å²) in [6.07, 6.45) is 9.84. The van der Waals surface area contributed by atoms with Crippen LogP contribution in [0.5, 0.6) is 0 Å². The number of halogens is 1. The van der Waals surface area contributed by atoms with Crippen LogP contribution < -0.4 is 5.32 Å². The average molecular weight is 501 g/mol. The summed E-state index contributed by atoms with van der Waals surface area (Å²) >= 11 is 6.22. The highest BCUT2D eigenvalue weighted by Crippen LogP contribution is 2.76. The molecule has 0 atom stereocenters. The Bertz CT molecular complexity index is 1000. The molecule has 1 heterocycles. The fourth-order valence-corrected chi connectivity index (χ4v) is 11.8. The molecule has 1 aliphatic heterocycles. The number of nitrogens with one attached hydrogen (secondary N) is 1. The lowest BCUT2D eigenvalue weighted by Gasteiger charge is -2.48. The molecule has 1 amide bonds. The van der Waals surface area contributed by atoms with Crippen molar-refractivity contribution in [2.24, 2.45) is 0 Å². The summed E-state index contributed by atoms with van der Waals surface area (Å²) in [6.45, 7) is 4.26. The van der Waals surface area contributed by atoms with E-state index in [4.69, 9.17) is 16.3 Å². The number of amides is 1. The van der Waals surface area contributed by atoms with Gasteiger partial charge in [-0.25, -0.2) is 4.79 Å². The Morgan fingerprint density at radius 3 is 2.15 bits per heavy atom. The van der Waals surface area contributed by atoms with Crippen molar-refractivity contribution in [2.45, 2.75) is 70.6 Å². The predicted octanol–water partition coefficient (Wildman–Crippen LogP) is 7.15. The highest BCUT2D eigenvalue weighted by molar-refractivity contribution is 7.79. The van der Waals surface area contributed by atoms with Crippen molar-refractivity contribution >= 4 is 36.4 Å². The smallest absolute Gasteiger partial charge is 0.344 e. The molecule has 2 aliphatic rings. The maximum atomic E-state index is 14.0. The number of anilines is 1. The maximum Gasteiger partial charge on any atom is 0.344 e. The van der Waals surface area contributed by atoms with Gasteiger partial charge in [-0.2, -0.15) is 0 Å². The summed E-state index contributed by atoms with van der Waals surface area (Å²) in [5.74, 6) is -0.0321. The number of ether oxygens (including phenoxy) is 1. The largest absolute Gasteiger partial charge is 0.458 e. The second kappa shape index (κ2) is 10.8. The van der Waals surface area contributed by atoms with Gasteiger partial charge in [0.25, 0.3) is 5.91 Å². The van der Waals surface area contributed by atoms with Crippen LogP contribution in [0, 0.1) is 13.8 Å². The molecule has 34 heavy (non-hydrogen) atoms. The zero-order valence-corrected chi connectivity index (χ0v) is 22.0. The van der Waals surface area contributed by atoms with Crippen LogP contribution in [0.2, 0.25) is 5.02 Å². The fourth-order valence-electron chi connectivity index (χ4n) is 5.83. The zero-order chi connectivity index (χ0) is 24.2. The summed E-state index contributed by atoms with van der Waals surface area (Å²) in [4.78, 5) is 27.2. The molecule has 4 rings (SSSR count). The minimum Gasteiger partial charge on any atom is -0.458 e. The number of aryl methyl sites for hydroxylation is 2. The van der Waals surface area contributed by atoms with Gasteiger partial charge in [0.05, 0.1) is 12.3 Å². The Balaban J connectivity index is 1.58. The summed E-state index contributed by atoms with van der Waals surface area (Å²) in [7, 11) is -1.89. The molecule has 4 nitrogen and oxygen atoms in total. The van der Waals surface area contributed by atoms with Gasteiger partial charge in [-0.1, -0.05) is 41.9 Å². The van der Waals surface area contributed by atoms with Crippen LogP contribution in [0.15, 0.2) is 42.5 Å². The Hall–Kier alpha value is -1.90. The molecule has 0 spiro atoms. The van der Waals surface area contributed by atoms with Gasteiger partial charge in [-0.15, -0.1) is 0 Å². The van der Waals surface area contributed by atoms with Gasteiger partial charge in [0, 0.05) is 18.0 Å². The monoisotopic (exact) mass is 500 g/mol. The summed E-state index contributed by atoms with van der Waals surface area (Å²) in [5.41, 5.74) is 3.81. The average Bonchev–Trinajstić information content (AvgIpc) is 3.01.